The predicted octanol–water partition coefficient (Wildman–Crippen LogP) is 9.10. The summed E-state index contributed by atoms with van der Waals surface area (Å²) in [5.74, 6) is -3.26. The van der Waals surface area contributed by atoms with E-state index in [-0.39, 0.29) is 35.1 Å². The summed E-state index contributed by atoms with van der Waals surface area (Å²) in [4.78, 5) is 67.9. The zero-order valence-corrected chi connectivity index (χ0v) is 40.4. The third-order valence-corrected chi connectivity index (χ3v) is 14.8. The number of carbonyl (C=O) groups is 4. The summed E-state index contributed by atoms with van der Waals surface area (Å²) in [5.41, 5.74) is 6.87. The van der Waals surface area contributed by atoms with E-state index < -0.39 is 53.0 Å². The lowest BCUT2D eigenvalue weighted by molar-refractivity contribution is -0.142. The molecule has 0 saturated carbocycles. The van der Waals surface area contributed by atoms with E-state index in [9.17, 15) is 19.2 Å². The number of thiophene rings is 1. The highest BCUT2D eigenvalue weighted by atomic mass is 32.1. The van der Waals surface area contributed by atoms with E-state index in [1.807, 2.05) is 69.0 Å². The second kappa shape index (κ2) is 18.7. The van der Waals surface area contributed by atoms with E-state index in [0.29, 0.717) is 42.3 Å². The molecular formula is C50H52F2N8O5S2. The van der Waals surface area contributed by atoms with Gasteiger partial charge in [0, 0.05) is 33.7 Å². The van der Waals surface area contributed by atoms with Crippen LogP contribution in [0.15, 0.2) is 71.2 Å². The number of methoxy groups -OCH3 is 1. The van der Waals surface area contributed by atoms with Gasteiger partial charge >= 0.3 is 5.97 Å². The summed E-state index contributed by atoms with van der Waals surface area (Å²) < 4.78 is 38.2. The Bertz CT molecular complexity index is 2930. The number of aliphatic imine (C=N–C) groups is 1. The number of hydrogen-bond acceptors (Lipinski definition) is 11. The first kappa shape index (κ1) is 47.0. The summed E-state index contributed by atoms with van der Waals surface area (Å²) in [6.45, 7) is 15.4. The monoisotopic (exact) mass is 946 g/mol. The van der Waals surface area contributed by atoms with Crippen molar-refractivity contribution in [3.05, 3.63) is 128 Å². The summed E-state index contributed by atoms with van der Waals surface area (Å²) in [6, 6.07) is 13.8. The Labute approximate surface area is 395 Å². The standard InChI is InChI=1S/C50H52F2N8O5S2/c1-25-28(4)67-49-40(25)42(55-37(23-39(61)65-9)45-58-57-29(5)60(45)49)32-16-14-31(15-17-32)35-21-34(22-36(51)41(35)52)46(62)56-44(50(6,7)8)48(64)59-20-10-11-38(59)47(63)54-26(2)30-12-18-33(19-13-30)43-27(3)53-24-66-43/h12-19,21-22,24,26,37-38,44H,10-11,20,23H2,1-9H3,(H,54,63)(H,56,62). The number of hydrogen-bond donors (Lipinski definition) is 2. The van der Waals surface area contributed by atoms with E-state index in [4.69, 9.17) is 9.73 Å². The molecule has 2 N–H and O–H groups in total. The lowest BCUT2D eigenvalue weighted by Crippen LogP contribution is -2.57. The normalized spacial score (nSPS) is 16.6. The molecular weight excluding hydrogens is 895 g/mol. The van der Waals surface area contributed by atoms with Gasteiger partial charge in [0.25, 0.3) is 5.91 Å². The van der Waals surface area contributed by atoms with Gasteiger partial charge in [0.05, 0.1) is 41.4 Å². The van der Waals surface area contributed by atoms with Gasteiger partial charge in [0.1, 0.15) is 29.0 Å². The molecule has 67 heavy (non-hydrogen) atoms. The van der Waals surface area contributed by atoms with Gasteiger partial charge in [0.15, 0.2) is 17.5 Å². The summed E-state index contributed by atoms with van der Waals surface area (Å²) in [6.07, 6.45) is 0.957. The Kier molecular flexibility index (Phi) is 13.1. The highest BCUT2D eigenvalue weighted by molar-refractivity contribution is 7.15. The fourth-order valence-electron chi connectivity index (χ4n) is 8.73. The van der Waals surface area contributed by atoms with Gasteiger partial charge < -0.3 is 20.3 Å². The number of nitrogens with one attached hydrogen (secondary N) is 2. The van der Waals surface area contributed by atoms with Crippen molar-refractivity contribution in [2.45, 2.75) is 98.8 Å². The molecule has 13 nitrogen and oxygen atoms in total. The second-order valence-electron chi connectivity index (χ2n) is 18.2. The van der Waals surface area contributed by atoms with Gasteiger partial charge in [-0.05, 0) is 87.3 Å². The van der Waals surface area contributed by atoms with Crippen LogP contribution in [-0.2, 0) is 19.1 Å². The van der Waals surface area contributed by atoms with Crippen LogP contribution >= 0.6 is 22.7 Å². The van der Waals surface area contributed by atoms with Crippen molar-refractivity contribution in [2.75, 3.05) is 13.7 Å². The van der Waals surface area contributed by atoms with Crippen molar-refractivity contribution >= 4 is 52.1 Å². The number of esters is 1. The topological polar surface area (TPSA) is 161 Å². The van der Waals surface area contributed by atoms with Crippen molar-refractivity contribution in [1.82, 2.24) is 35.3 Å². The first-order valence-electron chi connectivity index (χ1n) is 22.1. The quantitative estimate of drug-likeness (QED) is 0.122. The van der Waals surface area contributed by atoms with Crippen LogP contribution in [0, 0.1) is 44.7 Å². The van der Waals surface area contributed by atoms with Gasteiger partial charge in [-0.15, -0.1) is 32.9 Å². The van der Waals surface area contributed by atoms with Crippen molar-refractivity contribution < 1.29 is 32.7 Å². The molecule has 8 rings (SSSR count). The maximum Gasteiger partial charge on any atom is 0.308 e. The van der Waals surface area contributed by atoms with Crippen molar-refractivity contribution in [1.29, 1.82) is 0 Å². The van der Waals surface area contributed by atoms with E-state index in [0.717, 1.165) is 48.8 Å². The Balaban J connectivity index is 1.02. The number of ether oxygens (including phenoxy) is 1. The molecule has 0 spiro atoms. The molecule has 5 heterocycles. The molecule has 4 unspecified atom stereocenters. The molecule has 3 amide bonds. The number of thiazole rings is 1. The summed E-state index contributed by atoms with van der Waals surface area (Å²) >= 11 is 3.12. The van der Waals surface area contributed by atoms with E-state index >= 15 is 8.78 Å². The Morgan fingerprint density at radius 1 is 0.925 bits per heavy atom. The number of carbonyl (C=O) groups excluding carboxylic acids is 4. The molecule has 2 aliphatic rings. The molecule has 0 bridgehead atoms. The fourth-order valence-corrected chi connectivity index (χ4v) is 10.8. The first-order chi connectivity index (χ1) is 31.9. The molecule has 3 aromatic heterocycles. The summed E-state index contributed by atoms with van der Waals surface area (Å²) in [7, 11) is 1.31. The average molecular weight is 947 g/mol. The van der Waals surface area contributed by atoms with Crippen LogP contribution in [0.2, 0.25) is 0 Å². The van der Waals surface area contributed by atoms with E-state index in [2.05, 4.69) is 25.8 Å². The second-order valence-corrected chi connectivity index (χ2v) is 20.2. The number of halogens is 2. The lowest BCUT2D eigenvalue weighted by atomic mass is 9.85. The number of likely N-dealkylation sites (tertiary alicyclic amines) is 1. The third-order valence-electron chi connectivity index (χ3n) is 12.6. The van der Waals surface area contributed by atoms with Gasteiger partial charge in [-0.1, -0.05) is 69.3 Å². The lowest BCUT2D eigenvalue weighted by Gasteiger charge is -2.35. The van der Waals surface area contributed by atoms with E-state index in [1.54, 1.807) is 67.7 Å². The minimum Gasteiger partial charge on any atom is -0.469 e. The van der Waals surface area contributed by atoms with Crippen LogP contribution < -0.4 is 10.6 Å². The van der Waals surface area contributed by atoms with Crippen LogP contribution in [0.25, 0.3) is 26.6 Å². The minimum absolute atomic E-state index is 0.0811. The number of rotatable bonds is 11. The predicted molar refractivity (Wildman–Crippen MR) is 255 cm³/mol. The maximum atomic E-state index is 15.8. The number of nitrogens with zero attached hydrogens (tertiary/aromatic N) is 6. The molecule has 348 valence electrons. The molecule has 3 aromatic carbocycles. The smallest absolute Gasteiger partial charge is 0.308 e. The number of aromatic nitrogens is 4. The third kappa shape index (κ3) is 9.18. The molecule has 1 fully saturated rings. The molecule has 2 aliphatic heterocycles. The van der Waals surface area contributed by atoms with Crippen LogP contribution in [0.4, 0.5) is 8.78 Å². The first-order valence-corrected chi connectivity index (χ1v) is 23.7. The maximum absolute atomic E-state index is 15.8. The zero-order valence-electron chi connectivity index (χ0n) is 38.8. The number of aryl methyl sites for hydroxylation is 3. The van der Waals surface area contributed by atoms with Crippen LogP contribution in [0.1, 0.15) is 114 Å². The van der Waals surface area contributed by atoms with Gasteiger partial charge in [-0.2, -0.15) is 0 Å². The van der Waals surface area contributed by atoms with Gasteiger partial charge in [-0.3, -0.25) is 28.7 Å². The zero-order chi connectivity index (χ0) is 48.1. The van der Waals surface area contributed by atoms with E-state index in [1.165, 1.54) is 18.1 Å². The Morgan fingerprint density at radius 2 is 1.61 bits per heavy atom. The van der Waals surface area contributed by atoms with Crippen molar-refractivity contribution in [2.24, 2.45) is 10.4 Å². The van der Waals surface area contributed by atoms with Gasteiger partial charge in [0.2, 0.25) is 11.8 Å². The highest BCUT2D eigenvalue weighted by Crippen LogP contribution is 2.40. The Morgan fingerprint density at radius 3 is 2.27 bits per heavy atom. The molecule has 17 heteroatoms. The van der Waals surface area contributed by atoms with Crippen molar-refractivity contribution in [3.8, 4) is 26.6 Å². The molecule has 0 radical (unpaired) electrons. The summed E-state index contributed by atoms with van der Waals surface area (Å²) in [5, 5.41) is 15.4. The van der Waals surface area contributed by atoms with Crippen LogP contribution in [0.3, 0.4) is 0 Å². The fraction of sp³-hybridized carbons (Fsp3) is 0.360. The Hall–Kier alpha value is -6.46. The number of fused-ring (bicyclic) bond motifs is 3. The van der Waals surface area contributed by atoms with Crippen LogP contribution in [-0.4, -0.2) is 79.8 Å². The number of benzene rings is 3. The largest absolute Gasteiger partial charge is 0.469 e. The highest BCUT2D eigenvalue weighted by Gasteiger charge is 2.42. The molecule has 4 atom stereocenters. The minimum atomic E-state index is -1.24. The van der Waals surface area contributed by atoms with Crippen molar-refractivity contribution in [3.63, 3.8) is 0 Å². The molecule has 0 aliphatic carbocycles. The average Bonchev–Trinajstić information content (AvgIpc) is 4.10. The van der Waals surface area contributed by atoms with Crippen LogP contribution in [0.5, 0.6) is 0 Å². The molecule has 6 aromatic rings. The molecule has 1 saturated heterocycles. The van der Waals surface area contributed by atoms with Gasteiger partial charge in [-0.25, -0.2) is 13.8 Å². The number of amides is 3. The SMILES string of the molecule is COC(=O)CC1N=C(c2ccc(-c3cc(C(=O)NC(C(=O)N4CCCC4C(=O)NC(C)c4ccc(-c5scnc5C)cc4)C(C)(C)C)cc(F)c3F)cc2)c2c(sc(C)c2C)-n2c(C)nnc21.